The molecule has 48 heavy (non-hydrogen) atoms. The summed E-state index contributed by atoms with van der Waals surface area (Å²) in [6.45, 7) is 12.4. The van der Waals surface area contributed by atoms with Crippen molar-refractivity contribution < 1.29 is 42.6 Å². The quantitative estimate of drug-likeness (QED) is 0.0988. The fraction of sp³-hybridized carbons (Fsp3) is 0.694. The van der Waals surface area contributed by atoms with Crippen LogP contribution in [0.2, 0.25) is 0 Å². The summed E-state index contributed by atoms with van der Waals surface area (Å²) >= 11 is 0. The van der Waals surface area contributed by atoms with Gasteiger partial charge in [-0.1, -0.05) is 45.4 Å². The van der Waals surface area contributed by atoms with E-state index in [4.69, 9.17) is 4.74 Å². The number of hydrogen-bond donors (Lipinski definition) is 2. The molecule has 3 rings (SSSR count). The van der Waals surface area contributed by atoms with Gasteiger partial charge in [0.15, 0.2) is 0 Å². The Bertz CT molecular complexity index is 1140. The number of unbranched alkanes of at least 4 members (excludes halogenated alkanes) is 1. The van der Waals surface area contributed by atoms with Gasteiger partial charge >= 0.3 is 18.0 Å². The predicted octanol–water partition coefficient (Wildman–Crippen LogP) is 6.88. The van der Waals surface area contributed by atoms with E-state index < -0.39 is 30.1 Å². The number of nitrogens with one attached hydrogen (secondary N) is 2. The number of halogens is 1. The summed E-state index contributed by atoms with van der Waals surface area (Å²) in [6, 6.07) is 4.30. The van der Waals surface area contributed by atoms with Crippen molar-refractivity contribution in [3.8, 4) is 0 Å². The first-order valence-corrected chi connectivity index (χ1v) is 17.1. The van der Waals surface area contributed by atoms with Crippen molar-refractivity contribution in [2.75, 3.05) is 32.2 Å². The number of amides is 2. The van der Waals surface area contributed by atoms with Crippen molar-refractivity contribution in [3.63, 3.8) is 0 Å². The minimum absolute atomic E-state index is 0.163. The van der Waals surface area contributed by atoms with Gasteiger partial charge in [0.05, 0.1) is 5.56 Å². The second-order valence-electron chi connectivity index (χ2n) is 13.4. The van der Waals surface area contributed by atoms with Crippen LogP contribution < -0.4 is 10.6 Å². The van der Waals surface area contributed by atoms with E-state index in [0.29, 0.717) is 13.0 Å². The molecule has 272 valence electrons. The van der Waals surface area contributed by atoms with E-state index in [1.165, 1.54) is 51.1 Å². The molecule has 11 nitrogen and oxygen atoms in total. The Morgan fingerprint density at radius 1 is 1.06 bits per heavy atom. The zero-order valence-electron chi connectivity index (χ0n) is 30.0. The lowest BCUT2D eigenvalue weighted by atomic mass is 9.77. The van der Waals surface area contributed by atoms with Crippen LogP contribution in [0, 0.1) is 23.6 Å². The molecule has 1 aliphatic heterocycles. The molecular weight excluding hydrogens is 621 g/mol. The third kappa shape index (κ3) is 17.6. The monoisotopic (exact) mass is 679 g/mol. The van der Waals surface area contributed by atoms with E-state index >= 15 is 0 Å². The molecule has 2 N–H and O–H groups in total. The first-order chi connectivity index (χ1) is 22.7. The molecule has 1 saturated heterocycles. The highest BCUT2D eigenvalue weighted by Crippen LogP contribution is 2.37. The smallest absolute Gasteiger partial charge is 0.407 e. The first kappa shape index (κ1) is 42.5. The van der Waals surface area contributed by atoms with Gasteiger partial charge in [-0.25, -0.2) is 14.0 Å². The average Bonchev–Trinajstić information content (AvgIpc) is 3.36. The van der Waals surface area contributed by atoms with Crippen molar-refractivity contribution >= 4 is 36.4 Å². The number of carbonyl (C=O) groups is 5. The highest BCUT2D eigenvalue weighted by molar-refractivity contribution is 5.90. The van der Waals surface area contributed by atoms with Crippen molar-refractivity contribution in [1.82, 2.24) is 10.2 Å². The summed E-state index contributed by atoms with van der Waals surface area (Å²) in [5, 5.41) is 4.93. The molecule has 2 amide bonds. The molecule has 0 aromatic heterocycles. The largest absolute Gasteiger partial charge is 0.444 e. The van der Waals surface area contributed by atoms with Gasteiger partial charge in [0, 0.05) is 31.1 Å². The van der Waals surface area contributed by atoms with Crippen molar-refractivity contribution in [3.05, 3.63) is 29.6 Å². The summed E-state index contributed by atoms with van der Waals surface area (Å²) < 4.78 is 27.4. The van der Waals surface area contributed by atoms with Crippen LogP contribution in [0.25, 0.3) is 0 Å². The molecule has 0 bridgehead atoms. The van der Waals surface area contributed by atoms with Gasteiger partial charge in [0.1, 0.15) is 17.7 Å². The number of benzene rings is 1. The number of alkyl carbamates (subject to hydrolysis) is 1. The van der Waals surface area contributed by atoms with E-state index in [-0.39, 0.29) is 23.3 Å². The molecule has 3 unspecified atom stereocenters. The Kier molecular flexibility index (Phi) is 20.3. The topological polar surface area (TPSA) is 140 Å². The molecule has 1 aromatic rings. The highest BCUT2D eigenvalue weighted by atomic mass is 19.1. The number of anilines is 1. The molecule has 2 fully saturated rings. The van der Waals surface area contributed by atoms with Crippen LogP contribution in [0.1, 0.15) is 116 Å². The second-order valence-corrected chi connectivity index (χ2v) is 13.4. The fourth-order valence-corrected chi connectivity index (χ4v) is 5.80. The average molecular weight is 680 g/mol. The second kappa shape index (κ2) is 22.9. The van der Waals surface area contributed by atoms with E-state index in [0.717, 1.165) is 68.9 Å². The summed E-state index contributed by atoms with van der Waals surface area (Å²) in [5.74, 6) is -0.189. The zero-order valence-corrected chi connectivity index (χ0v) is 30.0. The number of nitrogens with zero attached hydrogens (tertiary/aromatic N) is 1. The van der Waals surface area contributed by atoms with Crippen molar-refractivity contribution in [2.24, 2.45) is 17.8 Å². The minimum Gasteiger partial charge on any atom is -0.444 e. The molecule has 1 saturated carbocycles. The van der Waals surface area contributed by atoms with E-state index in [2.05, 4.69) is 39.0 Å². The number of hydrogen-bond acceptors (Lipinski definition) is 9. The summed E-state index contributed by atoms with van der Waals surface area (Å²) in [5.41, 5.74) is -0.563. The predicted molar refractivity (Wildman–Crippen MR) is 183 cm³/mol. The minimum atomic E-state index is -0.966. The number of esters is 2. The van der Waals surface area contributed by atoms with Gasteiger partial charge in [0.2, 0.25) is 13.2 Å². The molecule has 0 spiro atoms. The number of carbonyl (C=O) groups excluding carboxylic acids is 5. The third-order valence-corrected chi connectivity index (χ3v) is 8.64. The molecular formula is C36H58FN3O8. The fourth-order valence-electron chi connectivity index (χ4n) is 5.80. The lowest BCUT2D eigenvalue weighted by Gasteiger charge is -2.31. The van der Waals surface area contributed by atoms with Gasteiger partial charge < -0.3 is 34.5 Å². The molecule has 1 heterocycles. The lowest BCUT2D eigenvalue weighted by molar-refractivity contribution is -0.149. The Hall–Kier alpha value is -3.54. The Morgan fingerprint density at radius 3 is 2.27 bits per heavy atom. The SMILES string of the molecule is CC(=O)OCOC(=O)c1ccc(NC=O)cc1F.CC1C(C2CCCCC2)CCN1C.CCC(C=O)CCCCNC(=O)OC(C)(C)C. The van der Waals surface area contributed by atoms with Gasteiger partial charge in [0.25, 0.3) is 0 Å². The van der Waals surface area contributed by atoms with Gasteiger partial charge in [-0.15, -0.1) is 0 Å². The van der Waals surface area contributed by atoms with Crippen molar-refractivity contribution in [1.29, 1.82) is 0 Å². The maximum Gasteiger partial charge on any atom is 0.407 e. The zero-order chi connectivity index (χ0) is 36.1. The molecule has 2 aliphatic rings. The van der Waals surface area contributed by atoms with Crippen LogP contribution in [0.3, 0.4) is 0 Å². The van der Waals surface area contributed by atoms with E-state index in [9.17, 15) is 28.4 Å². The molecule has 1 aliphatic carbocycles. The standard InChI is InChI=1S/C13H25NO3.C12H23N.C11H10FNO5/c1-5-11(10-15)8-6-7-9-14-12(16)17-13(2,3)4;1-10-12(8-9-13(10)2)11-6-4-3-5-7-11;1-7(15)17-6-18-11(16)9-3-2-8(13-5-14)4-10(9)12/h10-11H,5-9H2,1-4H3,(H,14,16);10-12H,3-9H2,1-2H3;2-5H,6H2,1H3,(H,13,14). The Labute approximate surface area is 286 Å². The molecule has 0 radical (unpaired) electrons. The molecule has 3 atom stereocenters. The number of rotatable bonds is 13. The number of ether oxygens (including phenoxy) is 3. The maximum absolute atomic E-state index is 13.4. The summed E-state index contributed by atoms with van der Waals surface area (Å²) in [4.78, 5) is 56.3. The highest BCUT2D eigenvalue weighted by Gasteiger charge is 2.34. The van der Waals surface area contributed by atoms with Crippen molar-refractivity contribution in [2.45, 2.75) is 117 Å². The first-order valence-electron chi connectivity index (χ1n) is 17.1. The van der Waals surface area contributed by atoms with Gasteiger partial charge in [-0.3, -0.25) is 9.59 Å². The van der Waals surface area contributed by atoms with Gasteiger partial charge in [-0.05, 0) is 97.0 Å². The lowest BCUT2D eigenvalue weighted by Crippen LogP contribution is -2.33. The summed E-state index contributed by atoms with van der Waals surface area (Å²) in [6.07, 6.45) is 13.6. The summed E-state index contributed by atoms with van der Waals surface area (Å²) in [7, 11) is 2.29. The van der Waals surface area contributed by atoms with Gasteiger partial charge in [-0.2, -0.15) is 0 Å². The van der Waals surface area contributed by atoms with E-state index in [1.807, 2.05) is 27.7 Å². The third-order valence-electron chi connectivity index (χ3n) is 8.64. The van der Waals surface area contributed by atoms with Crippen LogP contribution in [0.5, 0.6) is 0 Å². The van der Waals surface area contributed by atoms with Crippen LogP contribution in [0.15, 0.2) is 18.2 Å². The normalized spacial score (nSPS) is 18.5. The van der Waals surface area contributed by atoms with Crippen LogP contribution in [-0.4, -0.2) is 74.2 Å². The van der Waals surface area contributed by atoms with Crippen LogP contribution in [-0.2, 0) is 28.6 Å². The van der Waals surface area contributed by atoms with Crippen LogP contribution >= 0.6 is 0 Å². The Balaban J connectivity index is 0.000000364. The number of likely N-dealkylation sites (tertiary alicyclic amines) is 1. The van der Waals surface area contributed by atoms with E-state index in [1.54, 1.807) is 0 Å². The molecule has 12 heteroatoms. The molecule has 1 aromatic carbocycles. The van der Waals surface area contributed by atoms with Crippen LogP contribution in [0.4, 0.5) is 14.9 Å². The maximum atomic E-state index is 13.4. The Morgan fingerprint density at radius 2 is 1.75 bits per heavy atom. The number of aldehydes is 1.